The van der Waals surface area contributed by atoms with E-state index in [1.54, 1.807) is 6.92 Å². The van der Waals surface area contributed by atoms with Gasteiger partial charge in [0.15, 0.2) is 9.84 Å². The van der Waals surface area contributed by atoms with Crippen LogP contribution in [0, 0.1) is 24.7 Å². The van der Waals surface area contributed by atoms with Gasteiger partial charge in [-0.3, -0.25) is 0 Å². The van der Waals surface area contributed by atoms with E-state index < -0.39 is 15.8 Å². The largest absolute Gasteiger partial charge is 0.492 e. The summed E-state index contributed by atoms with van der Waals surface area (Å²) in [7, 11) is -3.61. The van der Waals surface area contributed by atoms with E-state index in [1.807, 2.05) is 6.07 Å². The predicted molar refractivity (Wildman–Crippen MR) is 152 cm³/mol. The van der Waals surface area contributed by atoms with Gasteiger partial charge in [-0.2, -0.15) is 0 Å². The first-order chi connectivity index (χ1) is 18.9. The number of nitrogens with zero attached hydrogens (tertiary/aromatic N) is 4. The molecular weight excluding hydrogens is 550 g/mol. The summed E-state index contributed by atoms with van der Waals surface area (Å²) in [6, 6.07) is 1.85. The van der Waals surface area contributed by atoms with E-state index in [4.69, 9.17) is 9.15 Å². The fraction of sp³-hybridized carbons (Fsp3) is 0.571. The molecule has 12 heteroatoms. The predicted octanol–water partition coefficient (Wildman–Crippen LogP) is 5.08. The quantitative estimate of drug-likeness (QED) is 0.402. The average molecular weight is 586 g/mol. The van der Waals surface area contributed by atoms with Crippen LogP contribution in [0.5, 0.6) is 5.88 Å². The van der Waals surface area contributed by atoms with Gasteiger partial charge in [-0.15, -0.1) is 21.5 Å². The number of dihydropyridines is 1. The zero-order valence-corrected chi connectivity index (χ0v) is 25.0. The summed E-state index contributed by atoms with van der Waals surface area (Å²) < 4.78 is 40.2. The summed E-state index contributed by atoms with van der Waals surface area (Å²) >= 11 is 1.30. The molecule has 0 aliphatic carbocycles. The maximum absolute atomic E-state index is 13.9. The lowest BCUT2D eigenvalue weighted by Gasteiger charge is -2.36. The van der Waals surface area contributed by atoms with E-state index in [0.717, 1.165) is 42.1 Å². The summed E-state index contributed by atoms with van der Waals surface area (Å²) in [6.45, 7) is 10.8. The Labute approximate surface area is 237 Å². The lowest BCUT2D eigenvalue weighted by atomic mass is 9.82. The van der Waals surface area contributed by atoms with Gasteiger partial charge in [0.2, 0.25) is 17.7 Å². The van der Waals surface area contributed by atoms with Gasteiger partial charge >= 0.3 is 0 Å². The number of rotatable bonds is 6. The fourth-order valence-electron chi connectivity index (χ4n) is 6.39. The monoisotopic (exact) mass is 585 g/mol. The molecule has 3 aromatic heterocycles. The van der Waals surface area contributed by atoms with Gasteiger partial charge in [-0.25, -0.2) is 18.4 Å². The minimum Gasteiger partial charge on any atom is -0.492 e. The molecule has 0 amide bonds. The van der Waals surface area contributed by atoms with Crippen molar-refractivity contribution in [1.29, 1.82) is 0 Å². The fourth-order valence-corrected chi connectivity index (χ4v) is 9.93. The highest BCUT2D eigenvalue weighted by Gasteiger charge is 2.49. The van der Waals surface area contributed by atoms with Crippen molar-refractivity contribution in [2.45, 2.75) is 71.8 Å². The first kappa shape index (κ1) is 27.3. The summed E-state index contributed by atoms with van der Waals surface area (Å²) in [5.41, 5.74) is 2.75. The molecule has 6 heterocycles. The van der Waals surface area contributed by atoms with Crippen molar-refractivity contribution >= 4 is 37.0 Å². The van der Waals surface area contributed by atoms with E-state index in [2.05, 4.69) is 53.2 Å². The second-order valence-electron chi connectivity index (χ2n) is 12.1. The molecule has 0 bridgehead atoms. The normalized spacial score (nSPS) is 26.0. The first-order valence-electron chi connectivity index (χ1n) is 13.8. The van der Waals surface area contributed by atoms with Crippen molar-refractivity contribution in [2.24, 2.45) is 17.8 Å². The van der Waals surface area contributed by atoms with E-state index in [-0.39, 0.29) is 29.1 Å². The number of aromatic nitrogens is 4. The third-order valence-corrected chi connectivity index (χ3v) is 11.4. The van der Waals surface area contributed by atoms with E-state index in [0.29, 0.717) is 44.8 Å². The van der Waals surface area contributed by atoms with Gasteiger partial charge in [0.25, 0.3) is 0 Å². The molecule has 0 radical (unpaired) electrons. The zero-order chi connectivity index (χ0) is 28.4. The van der Waals surface area contributed by atoms with E-state index in [1.165, 1.54) is 17.7 Å². The number of sulfone groups is 1. The Morgan fingerprint density at radius 1 is 1.25 bits per heavy atom. The number of aryl methyl sites for hydroxylation is 1. The van der Waals surface area contributed by atoms with Crippen molar-refractivity contribution in [3.63, 3.8) is 0 Å². The topological polar surface area (TPSA) is 140 Å². The van der Waals surface area contributed by atoms with Gasteiger partial charge in [-0.05, 0) is 57.4 Å². The Kier molecular flexibility index (Phi) is 6.78. The van der Waals surface area contributed by atoms with Gasteiger partial charge < -0.3 is 19.6 Å². The Morgan fingerprint density at radius 3 is 2.73 bits per heavy atom. The van der Waals surface area contributed by atoms with Crippen LogP contribution in [0.15, 0.2) is 33.1 Å². The maximum atomic E-state index is 13.9. The minimum atomic E-state index is -3.61. The van der Waals surface area contributed by atoms with Crippen molar-refractivity contribution in [1.82, 2.24) is 25.5 Å². The number of ether oxygens (including phenoxy) is 1. The molecule has 0 saturated carbocycles. The Bertz CT molecular complexity index is 1640. The highest BCUT2D eigenvalue weighted by atomic mass is 32.2. The molecule has 3 aliphatic heterocycles. The number of fused-ring (bicyclic) bond motifs is 1. The maximum Gasteiger partial charge on any atom is 0.246 e. The third-order valence-electron chi connectivity index (χ3n) is 8.29. The number of aromatic hydroxyl groups is 1. The number of allylic oxidation sites excluding steroid dienone is 4. The summed E-state index contributed by atoms with van der Waals surface area (Å²) in [6.07, 6.45) is 4.87. The molecule has 3 unspecified atom stereocenters. The van der Waals surface area contributed by atoms with Crippen LogP contribution >= 0.6 is 11.3 Å². The molecule has 2 N–H and O–H groups in total. The summed E-state index contributed by atoms with van der Waals surface area (Å²) in [4.78, 5) is 9.36. The van der Waals surface area contributed by atoms with Gasteiger partial charge in [0, 0.05) is 41.3 Å². The molecule has 0 spiro atoms. The van der Waals surface area contributed by atoms with Crippen LogP contribution in [-0.4, -0.2) is 51.7 Å². The van der Waals surface area contributed by atoms with Gasteiger partial charge in [0.1, 0.15) is 11.0 Å². The smallest absolute Gasteiger partial charge is 0.246 e. The SMILES string of the molecule is Cc1nnc(C2=C(CCC3CCOC(C)(C)C3)NC3=C(C2c2cc4ncnc(O)c4s2)S(=O)(=O)CC3C(C)C)o1. The molecule has 6 rings (SSSR count). The van der Waals surface area contributed by atoms with Gasteiger partial charge in [0.05, 0.1) is 27.7 Å². The molecule has 1 fully saturated rings. The van der Waals surface area contributed by atoms with Crippen LogP contribution in [0.3, 0.4) is 0 Å². The second kappa shape index (κ2) is 9.92. The van der Waals surface area contributed by atoms with Crippen molar-refractivity contribution < 1.29 is 22.7 Å². The number of hydrogen-bond acceptors (Lipinski definition) is 11. The van der Waals surface area contributed by atoms with Gasteiger partial charge in [-0.1, -0.05) is 13.8 Å². The van der Waals surface area contributed by atoms with Crippen LogP contribution in [0.2, 0.25) is 0 Å². The third kappa shape index (κ3) is 4.83. The minimum absolute atomic E-state index is 0.0480. The van der Waals surface area contributed by atoms with Crippen LogP contribution < -0.4 is 5.32 Å². The van der Waals surface area contributed by atoms with E-state index in [9.17, 15) is 13.5 Å². The summed E-state index contributed by atoms with van der Waals surface area (Å²) in [5, 5.41) is 22.5. The molecule has 3 aliphatic rings. The van der Waals surface area contributed by atoms with E-state index >= 15 is 0 Å². The molecule has 40 heavy (non-hydrogen) atoms. The zero-order valence-electron chi connectivity index (χ0n) is 23.4. The van der Waals surface area contributed by atoms with Crippen molar-refractivity contribution in [3.05, 3.63) is 45.4 Å². The second-order valence-corrected chi connectivity index (χ2v) is 15.1. The molecule has 3 aromatic rings. The molecule has 10 nitrogen and oxygen atoms in total. The van der Waals surface area contributed by atoms with Crippen LogP contribution in [0.1, 0.15) is 76.0 Å². The standard InChI is InChI=1S/C28H35N5O5S2/c1-14(2)17-12-40(35,36)25-22(20-10-19-24(39-20)26(34)30-13-29-19)21(27-33-32-15(3)38-27)18(31-23(17)25)7-6-16-8-9-37-28(4,5)11-16/h10,13-14,16-17,22,31H,6-9,11-12H2,1-5H3,(H,29,30,34). The summed E-state index contributed by atoms with van der Waals surface area (Å²) in [5.74, 6) is 0.407. The average Bonchev–Trinajstić information content (AvgIpc) is 3.57. The number of nitrogens with one attached hydrogen (secondary N) is 1. The first-order valence-corrected chi connectivity index (χ1v) is 16.2. The molecule has 3 atom stereocenters. The lowest BCUT2D eigenvalue weighted by Crippen LogP contribution is -2.34. The van der Waals surface area contributed by atoms with Crippen LogP contribution in [0.4, 0.5) is 0 Å². The van der Waals surface area contributed by atoms with Crippen molar-refractivity contribution in [2.75, 3.05) is 12.4 Å². The highest BCUT2D eigenvalue weighted by molar-refractivity contribution is 7.95. The number of thiophene rings is 1. The Balaban J connectivity index is 1.53. The lowest BCUT2D eigenvalue weighted by molar-refractivity contribution is -0.0734. The van der Waals surface area contributed by atoms with Crippen LogP contribution in [0.25, 0.3) is 15.8 Å². The Morgan fingerprint density at radius 2 is 2.05 bits per heavy atom. The highest BCUT2D eigenvalue weighted by Crippen LogP contribution is 2.53. The molecule has 1 saturated heterocycles. The van der Waals surface area contributed by atoms with Crippen LogP contribution in [-0.2, 0) is 14.6 Å². The van der Waals surface area contributed by atoms with Crippen molar-refractivity contribution in [3.8, 4) is 5.88 Å². The Hall–Kier alpha value is -2.83. The number of hydrogen-bond donors (Lipinski definition) is 2. The molecular formula is C28H35N5O5S2. The molecule has 0 aromatic carbocycles. The molecule has 214 valence electrons.